The summed E-state index contributed by atoms with van der Waals surface area (Å²) in [6, 6.07) is 13.5. The highest BCUT2D eigenvalue weighted by atomic mass is 16.5. The van der Waals surface area contributed by atoms with Gasteiger partial charge in [-0.05, 0) is 53.6 Å². The highest BCUT2D eigenvalue weighted by Crippen LogP contribution is 2.32. The van der Waals surface area contributed by atoms with Crippen LogP contribution in [-0.4, -0.2) is 44.0 Å². The summed E-state index contributed by atoms with van der Waals surface area (Å²) in [6.45, 7) is 9.98. The molecule has 0 radical (unpaired) electrons. The van der Waals surface area contributed by atoms with Gasteiger partial charge in [0.05, 0.1) is 14.2 Å². The molecule has 0 bridgehead atoms. The number of methoxy groups -OCH3 is 2. The lowest BCUT2D eigenvalue weighted by Gasteiger charge is -2.38. The van der Waals surface area contributed by atoms with Gasteiger partial charge in [-0.2, -0.15) is 0 Å². The van der Waals surface area contributed by atoms with Crippen LogP contribution < -0.4 is 14.8 Å². The first-order valence-corrected chi connectivity index (χ1v) is 11.5. The minimum absolute atomic E-state index is 0.00548. The van der Waals surface area contributed by atoms with Gasteiger partial charge in [-0.25, -0.2) is 0 Å². The summed E-state index contributed by atoms with van der Waals surface area (Å²) in [4.78, 5) is 27.8. The second-order valence-electron chi connectivity index (χ2n) is 10.1. The number of carbonyl (C=O) groups is 2. The van der Waals surface area contributed by atoms with Gasteiger partial charge in [0, 0.05) is 36.7 Å². The molecular formula is C27H36N2O4. The van der Waals surface area contributed by atoms with Crippen LogP contribution in [0.5, 0.6) is 11.5 Å². The molecule has 1 saturated heterocycles. The van der Waals surface area contributed by atoms with E-state index < -0.39 is 5.41 Å². The monoisotopic (exact) mass is 452 g/mol. The molecule has 1 fully saturated rings. The molecule has 178 valence electrons. The molecule has 1 N–H and O–H groups in total. The first kappa shape index (κ1) is 24.6. The average Bonchev–Trinajstić information content (AvgIpc) is 2.81. The lowest BCUT2D eigenvalue weighted by molar-refractivity contribution is -0.132. The zero-order valence-electron chi connectivity index (χ0n) is 20.7. The summed E-state index contributed by atoms with van der Waals surface area (Å²) >= 11 is 0. The molecule has 1 aliphatic heterocycles. The minimum Gasteiger partial charge on any atom is -0.497 e. The van der Waals surface area contributed by atoms with Crippen LogP contribution in [-0.2, 0) is 16.8 Å². The number of carbonyl (C=O) groups excluding carboxylic acids is 2. The fraction of sp³-hybridized carbons (Fsp3) is 0.481. The van der Waals surface area contributed by atoms with Crippen LogP contribution in [0.4, 0.5) is 0 Å². The second kappa shape index (κ2) is 9.86. The molecule has 0 saturated carbocycles. The summed E-state index contributed by atoms with van der Waals surface area (Å²) in [7, 11) is 3.21. The Morgan fingerprint density at radius 1 is 0.970 bits per heavy atom. The fourth-order valence-corrected chi connectivity index (χ4v) is 4.09. The Hall–Kier alpha value is -3.02. The van der Waals surface area contributed by atoms with Gasteiger partial charge in [0.1, 0.15) is 11.5 Å². The van der Waals surface area contributed by atoms with Gasteiger partial charge < -0.3 is 19.7 Å². The van der Waals surface area contributed by atoms with E-state index in [2.05, 4.69) is 26.1 Å². The molecule has 0 aromatic heterocycles. The summed E-state index contributed by atoms with van der Waals surface area (Å²) in [6.07, 6.45) is 1.26. The van der Waals surface area contributed by atoms with Crippen LogP contribution in [0.3, 0.4) is 0 Å². The molecule has 6 nitrogen and oxygen atoms in total. The molecule has 6 heteroatoms. The fourth-order valence-electron chi connectivity index (χ4n) is 4.09. The van der Waals surface area contributed by atoms with Crippen molar-refractivity contribution in [2.75, 3.05) is 27.3 Å². The molecule has 0 aliphatic carbocycles. The van der Waals surface area contributed by atoms with Gasteiger partial charge in [-0.15, -0.1) is 0 Å². The van der Waals surface area contributed by atoms with Crippen molar-refractivity contribution in [1.82, 2.24) is 10.2 Å². The molecule has 0 unspecified atom stereocenters. The standard InChI is InChI=1S/C27H36N2O4/c1-26(2,3)21-9-7-20(8-10-21)24(30)29-13-11-27(4,12-14-29)25(31)28-18-19-15-22(32-5)17-23(16-19)33-6/h7-10,15-17H,11-14,18H2,1-6H3,(H,28,31). The number of hydrogen-bond donors (Lipinski definition) is 1. The van der Waals surface area contributed by atoms with Crippen LogP contribution in [0.2, 0.25) is 0 Å². The number of rotatable bonds is 6. The number of amides is 2. The van der Waals surface area contributed by atoms with Crippen molar-refractivity contribution in [3.8, 4) is 11.5 Å². The van der Waals surface area contributed by atoms with Crippen LogP contribution in [0.1, 0.15) is 62.0 Å². The first-order valence-electron chi connectivity index (χ1n) is 11.5. The second-order valence-corrected chi connectivity index (χ2v) is 10.1. The number of benzene rings is 2. The summed E-state index contributed by atoms with van der Waals surface area (Å²) in [5, 5.41) is 3.05. The van der Waals surface area contributed by atoms with E-state index in [1.165, 1.54) is 5.56 Å². The zero-order valence-corrected chi connectivity index (χ0v) is 20.7. The minimum atomic E-state index is -0.504. The maximum atomic E-state index is 13.0. The van der Waals surface area contributed by atoms with E-state index in [1.807, 2.05) is 48.2 Å². The SMILES string of the molecule is COc1cc(CNC(=O)C2(C)CCN(C(=O)c3ccc(C(C)(C)C)cc3)CC2)cc(OC)c1. The van der Waals surface area contributed by atoms with Gasteiger partial charge in [0.25, 0.3) is 5.91 Å². The number of ether oxygens (including phenoxy) is 2. The number of likely N-dealkylation sites (tertiary alicyclic amines) is 1. The molecule has 0 atom stereocenters. The van der Waals surface area contributed by atoms with Crippen molar-refractivity contribution in [2.45, 2.75) is 52.5 Å². The van der Waals surface area contributed by atoms with E-state index >= 15 is 0 Å². The van der Waals surface area contributed by atoms with Gasteiger partial charge >= 0.3 is 0 Å². The average molecular weight is 453 g/mol. The first-order chi connectivity index (χ1) is 15.6. The van der Waals surface area contributed by atoms with Crippen LogP contribution in [0.25, 0.3) is 0 Å². The molecule has 2 aromatic carbocycles. The van der Waals surface area contributed by atoms with Crippen LogP contribution >= 0.6 is 0 Å². The Bertz CT molecular complexity index is 962. The topological polar surface area (TPSA) is 67.9 Å². The van der Waals surface area contributed by atoms with E-state index in [1.54, 1.807) is 20.3 Å². The maximum absolute atomic E-state index is 13.0. The third-order valence-corrected chi connectivity index (χ3v) is 6.56. The number of piperidine rings is 1. The molecule has 2 amide bonds. The smallest absolute Gasteiger partial charge is 0.253 e. The number of nitrogens with zero attached hydrogens (tertiary/aromatic N) is 1. The van der Waals surface area contributed by atoms with Crippen molar-refractivity contribution in [3.63, 3.8) is 0 Å². The van der Waals surface area contributed by atoms with Gasteiger partial charge in [0.2, 0.25) is 5.91 Å². The predicted molar refractivity (Wildman–Crippen MR) is 130 cm³/mol. The molecule has 0 spiro atoms. The van der Waals surface area contributed by atoms with Crippen molar-refractivity contribution < 1.29 is 19.1 Å². The quantitative estimate of drug-likeness (QED) is 0.698. The molecule has 1 aliphatic rings. The maximum Gasteiger partial charge on any atom is 0.253 e. The van der Waals surface area contributed by atoms with E-state index in [0.717, 1.165) is 5.56 Å². The summed E-state index contributed by atoms with van der Waals surface area (Å²) in [5.74, 6) is 1.41. The van der Waals surface area contributed by atoms with Crippen molar-refractivity contribution >= 4 is 11.8 Å². The van der Waals surface area contributed by atoms with Gasteiger partial charge in [0.15, 0.2) is 0 Å². The highest BCUT2D eigenvalue weighted by Gasteiger charge is 2.38. The van der Waals surface area contributed by atoms with E-state index in [-0.39, 0.29) is 17.2 Å². The van der Waals surface area contributed by atoms with Crippen molar-refractivity contribution in [1.29, 1.82) is 0 Å². The number of nitrogens with one attached hydrogen (secondary N) is 1. The lowest BCUT2D eigenvalue weighted by atomic mass is 9.79. The zero-order chi connectivity index (χ0) is 24.2. The molecular weight excluding hydrogens is 416 g/mol. The highest BCUT2D eigenvalue weighted by molar-refractivity contribution is 5.94. The molecule has 2 aromatic rings. The summed E-state index contributed by atoms with van der Waals surface area (Å²) in [5.41, 5.74) is 2.36. The Morgan fingerprint density at radius 3 is 2.00 bits per heavy atom. The lowest BCUT2D eigenvalue weighted by Crippen LogP contribution is -2.48. The molecule has 3 rings (SSSR count). The Labute approximate surface area is 197 Å². The Morgan fingerprint density at radius 2 is 1.52 bits per heavy atom. The third-order valence-electron chi connectivity index (χ3n) is 6.56. The Kier molecular flexibility index (Phi) is 7.35. The van der Waals surface area contributed by atoms with Crippen LogP contribution in [0, 0.1) is 5.41 Å². The number of hydrogen-bond acceptors (Lipinski definition) is 4. The largest absolute Gasteiger partial charge is 0.497 e. The van der Waals surface area contributed by atoms with E-state index in [9.17, 15) is 9.59 Å². The van der Waals surface area contributed by atoms with Crippen molar-refractivity contribution in [2.24, 2.45) is 5.41 Å². The summed E-state index contributed by atoms with van der Waals surface area (Å²) < 4.78 is 10.6. The normalized spacial score (nSPS) is 15.6. The van der Waals surface area contributed by atoms with Crippen LogP contribution in [0.15, 0.2) is 42.5 Å². The third kappa shape index (κ3) is 5.86. The molecule has 33 heavy (non-hydrogen) atoms. The Balaban J connectivity index is 1.57. The van der Waals surface area contributed by atoms with Gasteiger partial charge in [-0.3, -0.25) is 9.59 Å². The van der Waals surface area contributed by atoms with E-state index in [4.69, 9.17) is 9.47 Å². The van der Waals surface area contributed by atoms with Gasteiger partial charge in [-0.1, -0.05) is 39.8 Å². The molecule has 1 heterocycles. The predicted octanol–water partition coefficient (Wildman–Crippen LogP) is 4.56. The van der Waals surface area contributed by atoms with E-state index in [0.29, 0.717) is 49.5 Å². The van der Waals surface area contributed by atoms with Crippen molar-refractivity contribution in [3.05, 3.63) is 59.2 Å².